The van der Waals surface area contributed by atoms with Gasteiger partial charge in [-0.25, -0.2) is 13.1 Å². The number of hydrogen-bond donors (Lipinski definition) is 1. The molecule has 1 atom stereocenters. The van der Waals surface area contributed by atoms with Gasteiger partial charge in [0.25, 0.3) is 0 Å². The van der Waals surface area contributed by atoms with Gasteiger partial charge in [0.2, 0.25) is 10.0 Å². The third-order valence-corrected chi connectivity index (χ3v) is 5.05. The van der Waals surface area contributed by atoms with Crippen molar-refractivity contribution in [2.24, 2.45) is 0 Å². The van der Waals surface area contributed by atoms with Gasteiger partial charge in [0.05, 0.1) is 33.8 Å². The standard InChI is InChI=1S/C13H19Cl2N3O2S/c1-4-17-9(2)18(6-5-16-21(3,19)20)13-8-11(15)10(14)7-12(13)17/h7-9,16H,4-6H2,1-3H3. The largest absolute Gasteiger partial charge is 0.350 e. The molecule has 8 heteroatoms. The van der Waals surface area contributed by atoms with E-state index in [1.165, 1.54) is 0 Å². The number of nitrogens with one attached hydrogen (secondary N) is 1. The van der Waals surface area contributed by atoms with E-state index >= 15 is 0 Å². The van der Waals surface area contributed by atoms with Crippen LogP contribution in [0.5, 0.6) is 0 Å². The Morgan fingerprint density at radius 1 is 1.19 bits per heavy atom. The Labute approximate surface area is 135 Å². The maximum atomic E-state index is 11.2. The van der Waals surface area contributed by atoms with Crippen molar-refractivity contribution in [2.45, 2.75) is 20.0 Å². The number of anilines is 2. The average Bonchev–Trinajstić information content (AvgIpc) is 2.61. The van der Waals surface area contributed by atoms with E-state index in [2.05, 4.69) is 28.4 Å². The van der Waals surface area contributed by atoms with E-state index in [0.29, 0.717) is 23.1 Å². The SMILES string of the molecule is CCN1c2cc(Cl)c(Cl)cc2N(CCNS(C)(=O)=O)C1C. The predicted molar refractivity (Wildman–Crippen MR) is 89.1 cm³/mol. The van der Waals surface area contributed by atoms with Crippen molar-refractivity contribution >= 4 is 44.6 Å². The van der Waals surface area contributed by atoms with E-state index < -0.39 is 10.0 Å². The van der Waals surface area contributed by atoms with Crippen molar-refractivity contribution in [1.29, 1.82) is 0 Å². The predicted octanol–water partition coefficient (Wildman–Crippen LogP) is 2.53. The summed E-state index contributed by atoms with van der Waals surface area (Å²) >= 11 is 12.2. The lowest BCUT2D eigenvalue weighted by Crippen LogP contribution is -2.44. The average molecular weight is 352 g/mol. The minimum absolute atomic E-state index is 0.126. The Morgan fingerprint density at radius 2 is 1.71 bits per heavy atom. The first-order valence-corrected chi connectivity index (χ1v) is 9.36. The molecule has 5 nitrogen and oxygen atoms in total. The molecule has 0 saturated carbocycles. The molecule has 1 aromatic carbocycles. The number of nitrogens with zero attached hydrogens (tertiary/aromatic N) is 2. The van der Waals surface area contributed by atoms with Crippen LogP contribution in [0, 0.1) is 0 Å². The number of halogens is 2. The van der Waals surface area contributed by atoms with Gasteiger partial charge in [-0.05, 0) is 26.0 Å². The lowest BCUT2D eigenvalue weighted by atomic mass is 10.2. The van der Waals surface area contributed by atoms with Crippen molar-refractivity contribution in [3.8, 4) is 0 Å². The first-order chi connectivity index (χ1) is 9.74. The molecule has 0 aromatic heterocycles. The highest BCUT2D eigenvalue weighted by molar-refractivity contribution is 7.88. The second-order valence-electron chi connectivity index (χ2n) is 5.03. The molecular formula is C13H19Cl2N3O2S. The molecule has 1 heterocycles. The van der Waals surface area contributed by atoms with E-state index in [-0.39, 0.29) is 6.17 Å². The van der Waals surface area contributed by atoms with E-state index in [9.17, 15) is 8.42 Å². The van der Waals surface area contributed by atoms with Crippen LogP contribution in [-0.4, -0.2) is 40.5 Å². The second-order valence-corrected chi connectivity index (χ2v) is 7.68. The van der Waals surface area contributed by atoms with Crippen molar-refractivity contribution in [2.75, 3.05) is 35.7 Å². The smallest absolute Gasteiger partial charge is 0.208 e. The summed E-state index contributed by atoms with van der Waals surface area (Å²) in [5.74, 6) is 0. The van der Waals surface area contributed by atoms with Crippen LogP contribution >= 0.6 is 23.2 Å². The highest BCUT2D eigenvalue weighted by Gasteiger charge is 2.32. The Morgan fingerprint density at radius 3 is 2.19 bits per heavy atom. The van der Waals surface area contributed by atoms with Gasteiger partial charge in [-0.1, -0.05) is 23.2 Å². The Bertz CT molecular complexity index is 637. The molecule has 0 amide bonds. The van der Waals surface area contributed by atoms with Crippen LogP contribution in [0.4, 0.5) is 11.4 Å². The molecular weight excluding hydrogens is 333 g/mol. The fourth-order valence-electron chi connectivity index (χ4n) is 2.65. The zero-order valence-corrected chi connectivity index (χ0v) is 14.6. The third-order valence-electron chi connectivity index (χ3n) is 3.60. The van der Waals surface area contributed by atoms with E-state index in [1.54, 1.807) is 0 Å². The molecule has 0 bridgehead atoms. The third kappa shape index (κ3) is 3.56. The van der Waals surface area contributed by atoms with Gasteiger partial charge in [0, 0.05) is 19.6 Å². The topological polar surface area (TPSA) is 52.6 Å². The highest BCUT2D eigenvalue weighted by atomic mass is 35.5. The molecule has 0 fully saturated rings. The molecule has 21 heavy (non-hydrogen) atoms. The van der Waals surface area contributed by atoms with Crippen molar-refractivity contribution in [3.05, 3.63) is 22.2 Å². The number of sulfonamides is 1. The summed E-state index contributed by atoms with van der Waals surface area (Å²) in [5, 5.41) is 1.03. The van der Waals surface area contributed by atoms with Crippen LogP contribution in [0.1, 0.15) is 13.8 Å². The lowest BCUT2D eigenvalue weighted by molar-refractivity contribution is 0.580. The monoisotopic (exact) mass is 351 g/mol. The van der Waals surface area contributed by atoms with Gasteiger partial charge in [-0.3, -0.25) is 0 Å². The maximum Gasteiger partial charge on any atom is 0.208 e. The van der Waals surface area contributed by atoms with E-state index in [0.717, 1.165) is 24.2 Å². The molecule has 118 valence electrons. The molecule has 1 N–H and O–H groups in total. The van der Waals surface area contributed by atoms with Crippen LogP contribution in [0.15, 0.2) is 12.1 Å². The molecule has 0 radical (unpaired) electrons. The number of rotatable bonds is 5. The Hall–Kier alpha value is -0.690. The summed E-state index contributed by atoms with van der Waals surface area (Å²) in [6.07, 6.45) is 1.28. The van der Waals surface area contributed by atoms with Crippen LogP contribution in [0.25, 0.3) is 0 Å². The number of fused-ring (bicyclic) bond motifs is 1. The van der Waals surface area contributed by atoms with Gasteiger partial charge < -0.3 is 9.80 Å². The van der Waals surface area contributed by atoms with Crippen molar-refractivity contribution in [1.82, 2.24) is 4.72 Å². The van der Waals surface area contributed by atoms with Crippen molar-refractivity contribution in [3.63, 3.8) is 0 Å². The zero-order valence-electron chi connectivity index (χ0n) is 12.2. The lowest BCUT2D eigenvalue weighted by Gasteiger charge is -2.29. The normalized spacial score (nSPS) is 18.2. The minimum atomic E-state index is -3.18. The van der Waals surface area contributed by atoms with Gasteiger partial charge >= 0.3 is 0 Å². The summed E-state index contributed by atoms with van der Waals surface area (Å²) < 4.78 is 24.9. The van der Waals surface area contributed by atoms with Gasteiger partial charge in [-0.2, -0.15) is 0 Å². The summed E-state index contributed by atoms with van der Waals surface area (Å²) in [6, 6.07) is 3.70. The van der Waals surface area contributed by atoms with Gasteiger partial charge in [0.15, 0.2) is 0 Å². The highest BCUT2D eigenvalue weighted by Crippen LogP contribution is 2.43. The van der Waals surface area contributed by atoms with E-state index in [1.807, 2.05) is 12.1 Å². The molecule has 1 unspecified atom stereocenters. The maximum absolute atomic E-state index is 11.2. The molecule has 0 saturated heterocycles. The second kappa shape index (κ2) is 6.20. The summed E-state index contributed by atoms with van der Waals surface area (Å²) in [4.78, 5) is 4.33. The Kier molecular flexibility index (Phi) is 4.92. The van der Waals surface area contributed by atoms with Crippen molar-refractivity contribution < 1.29 is 8.42 Å². The van der Waals surface area contributed by atoms with Gasteiger partial charge in [0.1, 0.15) is 0 Å². The molecule has 1 aromatic rings. The van der Waals surface area contributed by atoms with Crippen LogP contribution in [0.2, 0.25) is 10.0 Å². The number of benzene rings is 1. The summed E-state index contributed by atoms with van der Waals surface area (Å²) in [5.41, 5.74) is 2.01. The van der Waals surface area contributed by atoms with Crippen LogP contribution < -0.4 is 14.5 Å². The minimum Gasteiger partial charge on any atom is -0.350 e. The molecule has 1 aliphatic heterocycles. The van der Waals surface area contributed by atoms with Gasteiger partial charge in [-0.15, -0.1) is 0 Å². The summed E-state index contributed by atoms with van der Waals surface area (Å²) in [6.45, 7) is 5.89. The molecule has 0 aliphatic carbocycles. The fourth-order valence-corrected chi connectivity index (χ4v) is 3.43. The first-order valence-electron chi connectivity index (χ1n) is 6.71. The van der Waals surface area contributed by atoms with Crippen LogP contribution in [0.3, 0.4) is 0 Å². The molecule has 1 aliphatic rings. The van der Waals surface area contributed by atoms with E-state index in [4.69, 9.17) is 23.2 Å². The number of hydrogen-bond acceptors (Lipinski definition) is 4. The van der Waals surface area contributed by atoms with Crippen LogP contribution in [-0.2, 0) is 10.0 Å². The Balaban J connectivity index is 2.26. The first kappa shape index (κ1) is 16.7. The molecule has 0 spiro atoms. The zero-order chi connectivity index (χ0) is 15.8. The fraction of sp³-hybridized carbons (Fsp3) is 0.538. The quantitative estimate of drug-likeness (QED) is 0.885. The molecule has 2 rings (SSSR count). The summed E-state index contributed by atoms with van der Waals surface area (Å²) in [7, 11) is -3.18.